The van der Waals surface area contributed by atoms with Crippen molar-refractivity contribution in [2.45, 2.75) is 13.1 Å². The zero-order chi connectivity index (χ0) is 18.7. The molecule has 0 unspecified atom stereocenters. The first kappa shape index (κ1) is 17.7. The lowest BCUT2D eigenvalue weighted by Gasteiger charge is -2.14. The van der Waals surface area contributed by atoms with Crippen LogP contribution in [0.4, 0.5) is 13.2 Å². The minimum Gasteiger partial charge on any atom is -0.496 e. The molecule has 4 nitrogen and oxygen atoms in total. The highest BCUT2D eigenvalue weighted by Crippen LogP contribution is 2.37. The van der Waals surface area contributed by atoms with E-state index in [-0.39, 0.29) is 11.6 Å². The molecule has 0 aliphatic carbocycles. The first-order valence-electron chi connectivity index (χ1n) is 7.69. The molecule has 0 saturated heterocycles. The van der Waals surface area contributed by atoms with Crippen molar-refractivity contribution in [3.8, 4) is 28.5 Å². The van der Waals surface area contributed by atoms with Gasteiger partial charge in [0.25, 0.3) is 0 Å². The third-order valence-electron chi connectivity index (χ3n) is 3.63. The van der Waals surface area contributed by atoms with Crippen molar-refractivity contribution in [1.82, 2.24) is 9.97 Å². The maximum absolute atomic E-state index is 12.6. The highest BCUT2D eigenvalue weighted by molar-refractivity contribution is 5.75. The number of pyridine rings is 2. The standard InChI is InChI=1S/C19H15F3N2O2/c1-12-9-15(14-5-3-4-6-16(14)25-2)18(24-10-12)26-13-7-8-17(23-11-13)19(20,21)22/h3-11H,1-2H3. The molecule has 0 aliphatic rings. The van der Waals surface area contributed by atoms with E-state index in [1.165, 1.54) is 6.07 Å². The SMILES string of the molecule is COc1ccccc1-c1cc(C)cnc1Oc1ccc(C(F)(F)F)nc1. The van der Waals surface area contributed by atoms with Gasteiger partial charge < -0.3 is 9.47 Å². The fourth-order valence-electron chi connectivity index (χ4n) is 2.42. The first-order valence-corrected chi connectivity index (χ1v) is 7.69. The Morgan fingerprint density at radius 3 is 2.35 bits per heavy atom. The summed E-state index contributed by atoms with van der Waals surface area (Å²) >= 11 is 0. The van der Waals surface area contributed by atoms with Crippen molar-refractivity contribution >= 4 is 0 Å². The van der Waals surface area contributed by atoms with Crippen molar-refractivity contribution in [3.63, 3.8) is 0 Å². The predicted molar refractivity (Wildman–Crippen MR) is 90.3 cm³/mol. The average molecular weight is 360 g/mol. The monoisotopic (exact) mass is 360 g/mol. The van der Waals surface area contributed by atoms with E-state index in [4.69, 9.17) is 9.47 Å². The molecule has 0 fully saturated rings. The number of halogens is 3. The lowest BCUT2D eigenvalue weighted by Crippen LogP contribution is -2.07. The normalized spacial score (nSPS) is 11.3. The van der Waals surface area contributed by atoms with Gasteiger partial charge in [-0.15, -0.1) is 0 Å². The summed E-state index contributed by atoms with van der Waals surface area (Å²) in [6, 6.07) is 11.3. The number of para-hydroxylation sites is 1. The van der Waals surface area contributed by atoms with Crippen molar-refractivity contribution in [2.24, 2.45) is 0 Å². The van der Waals surface area contributed by atoms with Gasteiger partial charge >= 0.3 is 6.18 Å². The van der Waals surface area contributed by atoms with Gasteiger partial charge in [0, 0.05) is 17.3 Å². The van der Waals surface area contributed by atoms with Crippen LogP contribution in [0.1, 0.15) is 11.3 Å². The van der Waals surface area contributed by atoms with Gasteiger partial charge in [-0.3, -0.25) is 0 Å². The van der Waals surface area contributed by atoms with E-state index in [1.54, 1.807) is 19.4 Å². The minimum atomic E-state index is -4.50. The third-order valence-corrected chi connectivity index (χ3v) is 3.63. The van der Waals surface area contributed by atoms with Gasteiger partial charge in [0.05, 0.1) is 13.3 Å². The summed E-state index contributed by atoms with van der Waals surface area (Å²) in [5, 5.41) is 0. The van der Waals surface area contributed by atoms with Crippen LogP contribution >= 0.6 is 0 Å². The van der Waals surface area contributed by atoms with Crippen LogP contribution in [-0.4, -0.2) is 17.1 Å². The van der Waals surface area contributed by atoms with E-state index in [9.17, 15) is 13.2 Å². The lowest BCUT2D eigenvalue weighted by atomic mass is 10.0. The van der Waals surface area contributed by atoms with E-state index in [1.807, 2.05) is 31.2 Å². The Bertz CT molecular complexity index is 909. The molecule has 0 N–H and O–H groups in total. The molecule has 26 heavy (non-hydrogen) atoms. The summed E-state index contributed by atoms with van der Waals surface area (Å²) in [4.78, 5) is 7.67. The largest absolute Gasteiger partial charge is 0.496 e. The number of benzene rings is 1. The minimum absolute atomic E-state index is 0.158. The summed E-state index contributed by atoms with van der Waals surface area (Å²) in [6.45, 7) is 1.88. The number of methoxy groups -OCH3 is 1. The number of hydrogen-bond donors (Lipinski definition) is 0. The molecule has 0 bridgehead atoms. The van der Waals surface area contributed by atoms with E-state index < -0.39 is 11.9 Å². The molecule has 0 spiro atoms. The zero-order valence-corrected chi connectivity index (χ0v) is 14.0. The Balaban J connectivity index is 1.99. The Morgan fingerprint density at radius 1 is 0.923 bits per heavy atom. The number of hydrogen-bond acceptors (Lipinski definition) is 4. The number of ether oxygens (including phenoxy) is 2. The fraction of sp³-hybridized carbons (Fsp3) is 0.158. The van der Waals surface area contributed by atoms with Gasteiger partial charge in [0.2, 0.25) is 5.88 Å². The number of alkyl halides is 3. The molecule has 2 heterocycles. The van der Waals surface area contributed by atoms with Crippen LogP contribution in [0.15, 0.2) is 54.9 Å². The van der Waals surface area contributed by atoms with Crippen molar-refractivity contribution in [2.75, 3.05) is 7.11 Å². The topological polar surface area (TPSA) is 44.2 Å². The van der Waals surface area contributed by atoms with E-state index in [2.05, 4.69) is 9.97 Å². The summed E-state index contributed by atoms with van der Waals surface area (Å²) < 4.78 is 49.0. The molecule has 3 aromatic rings. The third kappa shape index (κ3) is 3.77. The molecule has 0 amide bonds. The second-order valence-corrected chi connectivity index (χ2v) is 5.54. The van der Waals surface area contributed by atoms with Crippen LogP contribution in [0.5, 0.6) is 17.4 Å². The molecule has 134 valence electrons. The van der Waals surface area contributed by atoms with Gasteiger partial charge in [0.15, 0.2) is 0 Å². The maximum atomic E-state index is 12.6. The highest BCUT2D eigenvalue weighted by atomic mass is 19.4. The maximum Gasteiger partial charge on any atom is 0.433 e. The fourth-order valence-corrected chi connectivity index (χ4v) is 2.42. The molecule has 1 aromatic carbocycles. The van der Waals surface area contributed by atoms with Crippen LogP contribution in [-0.2, 0) is 6.18 Å². The smallest absolute Gasteiger partial charge is 0.433 e. The first-order chi connectivity index (χ1) is 12.4. The Hall–Kier alpha value is -3.09. The van der Waals surface area contributed by atoms with Crippen LogP contribution in [0.25, 0.3) is 11.1 Å². The average Bonchev–Trinajstić information content (AvgIpc) is 2.63. The second-order valence-electron chi connectivity index (χ2n) is 5.54. The van der Waals surface area contributed by atoms with Crippen LogP contribution in [0.3, 0.4) is 0 Å². The number of rotatable bonds is 4. The Kier molecular flexibility index (Phi) is 4.79. The quantitative estimate of drug-likeness (QED) is 0.636. The molecule has 0 saturated carbocycles. The van der Waals surface area contributed by atoms with Gasteiger partial charge in [-0.25, -0.2) is 9.97 Å². The molecule has 3 rings (SSSR count). The Morgan fingerprint density at radius 2 is 1.69 bits per heavy atom. The summed E-state index contributed by atoms with van der Waals surface area (Å²) in [6.07, 6.45) is -1.86. The Labute approximate surface area is 148 Å². The molecule has 0 aliphatic heterocycles. The van der Waals surface area contributed by atoms with Crippen LogP contribution in [0, 0.1) is 6.92 Å². The number of aromatic nitrogens is 2. The van der Waals surface area contributed by atoms with Crippen molar-refractivity contribution in [3.05, 3.63) is 66.1 Å². The predicted octanol–water partition coefficient (Wildman–Crippen LogP) is 5.27. The van der Waals surface area contributed by atoms with Gasteiger partial charge in [-0.1, -0.05) is 18.2 Å². The highest BCUT2D eigenvalue weighted by Gasteiger charge is 2.32. The molecule has 7 heteroatoms. The summed E-state index contributed by atoms with van der Waals surface area (Å²) in [7, 11) is 1.56. The van der Waals surface area contributed by atoms with E-state index in [0.717, 1.165) is 23.4 Å². The van der Waals surface area contributed by atoms with E-state index in [0.29, 0.717) is 11.3 Å². The summed E-state index contributed by atoms with van der Waals surface area (Å²) in [5.74, 6) is 1.04. The molecule has 2 aromatic heterocycles. The van der Waals surface area contributed by atoms with Crippen molar-refractivity contribution in [1.29, 1.82) is 0 Å². The molecular formula is C19H15F3N2O2. The van der Waals surface area contributed by atoms with Gasteiger partial charge in [0.1, 0.15) is 17.2 Å². The second kappa shape index (κ2) is 7.03. The van der Waals surface area contributed by atoms with Crippen LogP contribution in [0.2, 0.25) is 0 Å². The number of nitrogens with zero attached hydrogens (tertiary/aromatic N) is 2. The van der Waals surface area contributed by atoms with Crippen molar-refractivity contribution < 1.29 is 22.6 Å². The summed E-state index contributed by atoms with van der Waals surface area (Å²) in [5.41, 5.74) is 1.36. The molecule has 0 atom stereocenters. The number of aryl methyl sites for hydroxylation is 1. The molecule has 0 radical (unpaired) electrons. The lowest BCUT2D eigenvalue weighted by molar-refractivity contribution is -0.141. The van der Waals surface area contributed by atoms with Gasteiger partial charge in [-0.2, -0.15) is 13.2 Å². The van der Waals surface area contributed by atoms with Gasteiger partial charge in [-0.05, 0) is 36.8 Å². The van der Waals surface area contributed by atoms with Crippen LogP contribution < -0.4 is 9.47 Å². The zero-order valence-electron chi connectivity index (χ0n) is 14.0. The van der Waals surface area contributed by atoms with E-state index >= 15 is 0 Å². The molecular weight excluding hydrogens is 345 g/mol.